The molecule has 0 saturated carbocycles. The molecule has 1 fully saturated rings. The molecule has 0 amide bonds. The summed E-state index contributed by atoms with van der Waals surface area (Å²) in [5, 5.41) is 15.3. The van der Waals surface area contributed by atoms with Crippen LogP contribution >= 0.6 is 0 Å². The highest BCUT2D eigenvalue weighted by molar-refractivity contribution is 5.79. The lowest BCUT2D eigenvalue weighted by Crippen LogP contribution is -2.41. The van der Waals surface area contributed by atoms with E-state index in [1.165, 1.54) is 11.1 Å². The van der Waals surface area contributed by atoms with Gasteiger partial charge in [0.15, 0.2) is 5.96 Å². The van der Waals surface area contributed by atoms with Crippen molar-refractivity contribution in [1.29, 1.82) is 0 Å². The molecule has 33 heavy (non-hydrogen) atoms. The van der Waals surface area contributed by atoms with E-state index in [1.807, 2.05) is 0 Å². The molecular weight excluding hydrogens is 412 g/mol. The van der Waals surface area contributed by atoms with Crippen LogP contribution in [0.25, 0.3) is 0 Å². The van der Waals surface area contributed by atoms with Gasteiger partial charge in [0.05, 0.1) is 13.2 Å². The summed E-state index contributed by atoms with van der Waals surface area (Å²) < 4.78 is 7.63. The SMILES string of the molecule is CCc1nncn1CCNC(=NCC(c1ccccc1)c1ccccc1)NCC1CCOC1. The first-order valence-corrected chi connectivity index (χ1v) is 11.9. The predicted molar refractivity (Wildman–Crippen MR) is 131 cm³/mol. The summed E-state index contributed by atoms with van der Waals surface area (Å²) >= 11 is 0. The van der Waals surface area contributed by atoms with E-state index in [-0.39, 0.29) is 5.92 Å². The highest BCUT2D eigenvalue weighted by Crippen LogP contribution is 2.24. The van der Waals surface area contributed by atoms with Gasteiger partial charge in [0.1, 0.15) is 12.2 Å². The molecule has 1 atom stereocenters. The molecule has 174 valence electrons. The van der Waals surface area contributed by atoms with Gasteiger partial charge < -0.3 is 19.9 Å². The van der Waals surface area contributed by atoms with Crippen molar-refractivity contribution >= 4 is 5.96 Å². The molecule has 2 heterocycles. The van der Waals surface area contributed by atoms with E-state index in [2.05, 4.69) is 93.0 Å². The molecule has 7 nitrogen and oxygen atoms in total. The number of aryl methyl sites for hydroxylation is 1. The average molecular weight is 447 g/mol. The van der Waals surface area contributed by atoms with Gasteiger partial charge >= 0.3 is 0 Å². The van der Waals surface area contributed by atoms with Crippen molar-refractivity contribution in [2.45, 2.75) is 32.2 Å². The summed E-state index contributed by atoms with van der Waals surface area (Å²) in [5.74, 6) is 2.57. The Morgan fingerprint density at radius 3 is 2.45 bits per heavy atom. The maximum atomic E-state index is 5.54. The second-order valence-electron chi connectivity index (χ2n) is 8.39. The number of aromatic nitrogens is 3. The molecular formula is C26H34N6O. The zero-order valence-electron chi connectivity index (χ0n) is 19.4. The van der Waals surface area contributed by atoms with Crippen molar-refractivity contribution < 1.29 is 4.74 Å². The van der Waals surface area contributed by atoms with Crippen LogP contribution in [-0.4, -0.2) is 53.6 Å². The third kappa shape index (κ3) is 6.65. The van der Waals surface area contributed by atoms with Crippen LogP contribution in [0.2, 0.25) is 0 Å². The van der Waals surface area contributed by atoms with Gasteiger partial charge in [0, 0.05) is 44.5 Å². The summed E-state index contributed by atoms with van der Waals surface area (Å²) in [6.07, 6.45) is 3.76. The number of benzene rings is 2. The predicted octanol–water partition coefficient (Wildman–Crippen LogP) is 3.24. The first-order valence-electron chi connectivity index (χ1n) is 11.9. The highest BCUT2D eigenvalue weighted by atomic mass is 16.5. The lowest BCUT2D eigenvalue weighted by atomic mass is 9.91. The number of nitrogens with zero attached hydrogens (tertiary/aromatic N) is 4. The molecule has 1 saturated heterocycles. The largest absolute Gasteiger partial charge is 0.381 e. The Bertz CT molecular complexity index is 943. The van der Waals surface area contributed by atoms with E-state index in [0.29, 0.717) is 12.5 Å². The minimum Gasteiger partial charge on any atom is -0.381 e. The summed E-state index contributed by atoms with van der Waals surface area (Å²) in [4.78, 5) is 5.01. The van der Waals surface area contributed by atoms with Crippen LogP contribution < -0.4 is 10.6 Å². The van der Waals surface area contributed by atoms with Gasteiger partial charge in [0.2, 0.25) is 0 Å². The van der Waals surface area contributed by atoms with Crippen molar-refractivity contribution in [3.8, 4) is 0 Å². The molecule has 2 N–H and O–H groups in total. The number of guanidine groups is 1. The van der Waals surface area contributed by atoms with Crippen LogP contribution in [0.3, 0.4) is 0 Å². The van der Waals surface area contributed by atoms with Gasteiger partial charge in [-0.3, -0.25) is 4.99 Å². The minimum atomic E-state index is 0.199. The zero-order valence-corrected chi connectivity index (χ0v) is 19.4. The lowest BCUT2D eigenvalue weighted by Gasteiger charge is -2.19. The smallest absolute Gasteiger partial charge is 0.191 e. The van der Waals surface area contributed by atoms with Gasteiger partial charge in [-0.2, -0.15) is 0 Å². The van der Waals surface area contributed by atoms with Crippen LogP contribution in [0.15, 0.2) is 72.0 Å². The lowest BCUT2D eigenvalue weighted by molar-refractivity contribution is 0.186. The van der Waals surface area contributed by atoms with E-state index < -0.39 is 0 Å². The Morgan fingerprint density at radius 1 is 1.09 bits per heavy atom. The van der Waals surface area contributed by atoms with E-state index in [9.17, 15) is 0 Å². The zero-order chi connectivity index (χ0) is 22.7. The minimum absolute atomic E-state index is 0.199. The second-order valence-corrected chi connectivity index (χ2v) is 8.39. The molecule has 4 rings (SSSR count). The monoisotopic (exact) mass is 446 g/mol. The van der Waals surface area contributed by atoms with E-state index >= 15 is 0 Å². The summed E-state index contributed by atoms with van der Waals surface area (Å²) in [6.45, 7) is 6.83. The highest BCUT2D eigenvalue weighted by Gasteiger charge is 2.17. The van der Waals surface area contributed by atoms with E-state index in [0.717, 1.165) is 57.5 Å². The van der Waals surface area contributed by atoms with Crippen molar-refractivity contribution in [3.63, 3.8) is 0 Å². The third-order valence-corrected chi connectivity index (χ3v) is 6.08. The second kappa shape index (κ2) is 12.2. The van der Waals surface area contributed by atoms with Crippen molar-refractivity contribution in [2.75, 3.05) is 32.8 Å². The molecule has 0 radical (unpaired) electrons. The molecule has 1 aliphatic rings. The Morgan fingerprint density at radius 2 is 1.82 bits per heavy atom. The summed E-state index contributed by atoms with van der Waals surface area (Å²) in [6, 6.07) is 21.2. The van der Waals surface area contributed by atoms with Crippen LogP contribution in [0.1, 0.15) is 36.2 Å². The molecule has 2 aromatic carbocycles. The first-order chi connectivity index (χ1) is 16.3. The third-order valence-electron chi connectivity index (χ3n) is 6.08. The molecule has 7 heteroatoms. The maximum absolute atomic E-state index is 5.54. The number of hydrogen-bond acceptors (Lipinski definition) is 4. The molecule has 0 aliphatic carbocycles. The quantitative estimate of drug-likeness (QED) is 0.369. The fraction of sp³-hybridized carbons (Fsp3) is 0.423. The van der Waals surface area contributed by atoms with Crippen molar-refractivity contribution in [1.82, 2.24) is 25.4 Å². The Hall–Kier alpha value is -3.19. The Kier molecular flexibility index (Phi) is 8.47. The van der Waals surface area contributed by atoms with E-state index in [1.54, 1.807) is 6.33 Å². The van der Waals surface area contributed by atoms with Gasteiger partial charge in [-0.15, -0.1) is 10.2 Å². The summed E-state index contributed by atoms with van der Waals surface area (Å²) in [5.41, 5.74) is 2.54. The number of nitrogens with one attached hydrogen (secondary N) is 2. The fourth-order valence-electron chi connectivity index (χ4n) is 4.15. The topological polar surface area (TPSA) is 76.4 Å². The van der Waals surface area contributed by atoms with Crippen LogP contribution in [0.4, 0.5) is 0 Å². The molecule has 0 bridgehead atoms. The number of rotatable bonds is 10. The Balaban J connectivity index is 1.46. The van der Waals surface area contributed by atoms with Crippen molar-refractivity contribution in [2.24, 2.45) is 10.9 Å². The van der Waals surface area contributed by atoms with Gasteiger partial charge in [-0.05, 0) is 17.5 Å². The number of hydrogen-bond donors (Lipinski definition) is 2. The van der Waals surface area contributed by atoms with Crippen molar-refractivity contribution in [3.05, 3.63) is 83.9 Å². The summed E-state index contributed by atoms with van der Waals surface area (Å²) in [7, 11) is 0. The molecule has 3 aromatic rings. The Labute approximate surface area is 196 Å². The average Bonchev–Trinajstić information content (AvgIpc) is 3.55. The van der Waals surface area contributed by atoms with Gasteiger partial charge in [0.25, 0.3) is 0 Å². The van der Waals surface area contributed by atoms with Crippen LogP contribution in [-0.2, 0) is 17.7 Å². The number of aliphatic imine (C=N–C) groups is 1. The first kappa shape index (κ1) is 23.0. The fourth-order valence-corrected chi connectivity index (χ4v) is 4.15. The van der Waals surface area contributed by atoms with E-state index in [4.69, 9.17) is 9.73 Å². The maximum Gasteiger partial charge on any atom is 0.191 e. The van der Waals surface area contributed by atoms with Gasteiger partial charge in [-0.1, -0.05) is 67.6 Å². The number of ether oxygens (including phenoxy) is 1. The molecule has 0 spiro atoms. The molecule has 1 aromatic heterocycles. The molecule has 1 unspecified atom stereocenters. The normalized spacial score (nSPS) is 16.3. The van der Waals surface area contributed by atoms with Gasteiger partial charge in [-0.25, -0.2) is 0 Å². The molecule has 1 aliphatic heterocycles. The van der Waals surface area contributed by atoms with Crippen LogP contribution in [0.5, 0.6) is 0 Å². The van der Waals surface area contributed by atoms with Crippen LogP contribution in [0, 0.1) is 5.92 Å². The standard InChI is InChI=1S/C26H34N6O/c1-2-25-31-30-20-32(25)15-14-27-26(28-17-21-13-16-33-19-21)29-18-24(22-9-5-3-6-10-22)23-11-7-4-8-12-23/h3-12,20-21,24H,2,13-19H2,1H3,(H2,27,28,29).